The Morgan fingerprint density at radius 2 is 2.25 bits per heavy atom. The van der Waals surface area contributed by atoms with Gasteiger partial charge in [0.05, 0.1) is 0 Å². The Morgan fingerprint density at radius 3 is 3.12 bits per heavy atom. The van der Waals surface area contributed by atoms with Gasteiger partial charge < -0.3 is 15.6 Å². The lowest BCUT2D eigenvalue weighted by Gasteiger charge is -2.36. The van der Waals surface area contributed by atoms with Crippen molar-refractivity contribution in [2.45, 2.75) is 31.2 Å². The SMILES string of the molecule is O=C(Nc1[nH]c2cccc3c2c1C[C@H]1NCCCC31)c1ccn[nH]1. The molecule has 2 aliphatic rings. The summed E-state index contributed by atoms with van der Waals surface area (Å²) in [5.41, 5.74) is 4.19. The average molecular weight is 321 g/mol. The Balaban J connectivity index is 1.60. The van der Waals surface area contributed by atoms with Crippen LogP contribution in [0, 0.1) is 0 Å². The number of fused-ring (bicyclic) bond motifs is 2. The Labute approximate surface area is 139 Å². The maximum atomic E-state index is 12.4. The molecule has 122 valence electrons. The van der Waals surface area contributed by atoms with Gasteiger partial charge in [-0.1, -0.05) is 12.1 Å². The zero-order chi connectivity index (χ0) is 16.1. The summed E-state index contributed by atoms with van der Waals surface area (Å²) in [7, 11) is 0. The summed E-state index contributed by atoms with van der Waals surface area (Å²) in [5, 5.41) is 14.5. The van der Waals surface area contributed by atoms with Crippen molar-refractivity contribution < 1.29 is 4.79 Å². The smallest absolute Gasteiger partial charge is 0.274 e. The number of carbonyl (C=O) groups excluding carboxylic acids is 1. The van der Waals surface area contributed by atoms with Crippen LogP contribution in [0.5, 0.6) is 0 Å². The van der Waals surface area contributed by atoms with Crippen molar-refractivity contribution in [3.8, 4) is 0 Å². The third kappa shape index (κ3) is 1.99. The minimum Gasteiger partial charge on any atom is -0.341 e. The molecule has 3 aromatic rings. The van der Waals surface area contributed by atoms with Crippen LogP contribution in [0.3, 0.4) is 0 Å². The molecule has 1 aliphatic carbocycles. The van der Waals surface area contributed by atoms with Crippen LogP contribution in [-0.4, -0.2) is 33.7 Å². The Kier molecular flexibility index (Phi) is 2.99. The fourth-order valence-electron chi connectivity index (χ4n) is 4.29. The molecule has 0 radical (unpaired) electrons. The third-order valence-corrected chi connectivity index (χ3v) is 5.35. The zero-order valence-electron chi connectivity index (χ0n) is 13.2. The predicted octanol–water partition coefficient (Wildman–Crippen LogP) is 2.54. The van der Waals surface area contributed by atoms with Crippen molar-refractivity contribution in [3.05, 3.63) is 47.3 Å². The van der Waals surface area contributed by atoms with Crippen LogP contribution < -0.4 is 10.6 Å². The molecule has 2 atom stereocenters. The number of nitrogens with zero attached hydrogens (tertiary/aromatic N) is 1. The third-order valence-electron chi connectivity index (χ3n) is 5.35. The number of carbonyl (C=O) groups is 1. The molecule has 0 spiro atoms. The van der Waals surface area contributed by atoms with Gasteiger partial charge >= 0.3 is 0 Å². The lowest BCUT2D eigenvalue weighted by atomic mass is 9.76. The number of piperidine rings is 1. The van der Waals surface area contributed by atoms with E-state index in [0.717, 1.165) is 24.3 Å². The first-order valence-electron chi connectivity index (χ1n) is 8.49. The van der Waals surface area contributed by atoms with E-state index in [4.69, 9.17) is 0 Å². The first kappa shape index (κ1) is 13.8. The summed E-state index contributed by atoms with van der Waals surface area (Å²) in [6, 6.07) is 8.56. The van der Waals surface area contributed by atoms with Crippen molar-refractivity contribution in [1.29, 1.82) is 0 Å². The first-order chi connectivity index (χ1) is 11.8. The second kappa shape index (κ2) is 5.21. The highest BCUT2D eigenvalue weighted by molar-refractivity contribution is 6.05. The molecule has 24 heavy (non-hydrogen) atoms. The summed E-state index contributed by atoms with van der Waals surface area (Å²) in [6.07, 6.45) is 4.98. The van der Waals surface area contributed by atoms with Crippen LogP contribution in [0.2, 0.25) is 0 Å². The summed E-state index contributed by atoms with van der Waals surface area (Å²) in [5.74, 6) is 1.21. The van der Waals surface area contributed by atoms with Crippen LogP contribution in [-0.2, 0) is 6.42 Å². The second-order valence-electron chi connectivity index (χ2n) is 6.69. The van der Waals surface area contributed by atoms with Crippen LogP contribution >= 0.6 is 0 Å². The highest BCUT2D eigenvalue weighted by Crippen LogP contribution is 2.43. The number of aromatic amines is 2. The number of anilines is 1. The van der Waals surface area contributed by atoms with Gasteiger partial charge in [0.15, 0.2) is 0 Å². The molecule has 1 unspecified atom stereocenters. The van der Waals surface area contributed by atoms with E-state index < -0.39 is 0 Å². The van der Waals surface area contributed by atoms with Gasteiger partial charge in [-0.3, -0.25) is 9.89 Å². The summed E-state index contributed by atoms with van der Waals surface area (Å²) >= 11 is 0. The number of aromatic nitrogens is 3. The number of amides is 1. The lowest BCUT2D eigenvalue weighted by Crippen LogP contribution is -2.43. The number of benzene rings is 1. The van der Waals surface area contributed by atoms with Gasteiger partial charge in [0.25, 0.3) is 5.91 Å². The highest BCUT2D eigenvalue weighted by Gasteiger charge is 2.34. The molecule has 2 aromatic heterocycles. The molecule has 1 aromatic carbocycles. The topological polar surface area (TPSA) is 85.6 Å². The molecule has 3 heterocycles. The Hall–Kier alpha value is -2.60. The van der Waals surface area contributed by atoms with E-state index in [-0.39, 0.29) is 5.91 Å². The second-order valence-corrected chi connectivity index (χ2v) is 6.69. The summed E-state index contributed by atoms with van der Waals surface area (Å²) in [6.45, 7) is 1.08. The predicted molar refractivity (Wildman–Crippen MR) is 92.3 cm³/mol. The molecule has 4 N–H and O–H groups in total. The van der Waals surface area contributed by atoms with Crippen LogP contribution in [0.1, 0.15) is 40.4 Å². The van der Waals surface area contributed by atoms with Crippen LogP contribution in [0.25, 0.3) is 10.9 Å². The molecule has 6 heteroatoms. The molecule has 6 nitrogen and oxygen atoms in total. The van der Waals surface area contributed by atoms with Gasteiger partial charge in [-0.2, -0.15) is 5.10 Å². The van der Waals surface area contributed by atoms with Crippen LogP contribution in [0.4, 0.5) is 5.82 Å². The van der Waals surface area contributed by atoms with Gasteiger partial charge in [-0.05, 0) is 43.5 Å². The molecule has 0 bridgehead atoms. The molecular formula is C18H19N5O. The number of H-pyrrole nitrogens is 2. The van der Waals surface area contributed by atoms with Crippen molar-refractivity contribution >= 4 is 22.6 Å². The monoisotopic (exact) mass is 321 g/mol. The van der Waals surface area contributed by atoms with Gasteiger partial charge in [-0.25, -0.2) is 0 Å². The summed E-state index contributed by atoms with van der Waals surface area (Å²) < 4.78 is 0. The molecule has 5 rings (SSSR count). The van der Waals surface area contributed by atoms with E-state index in [2.05, 4.69) is 44.0 Å². The van der Waals surface area contributed by atoms with E-state index in [9.17, 15) is 4.79 Å². The number of hydrogen-bond acceptors (Lipinski definition) is 3. The van der Waals surface area contributed by atoms with E-state index in [1.807, 2.05) is 0 Å². The molecular weight excluding hydrogens is 302 g/mol. The van der Waals surface area contributed by atoms with Crippen molar-refractivity contribution in [3.63, 3.8) is 0 Å². The van der Waals surface area contributed by atoms with E-state index >= 15 is 0 Å². The highest BCUT2D eigenvalue weighted by atomic mass is 16.2. The lowest BCUT2D eigenvalue weighted by molar-refractivity contribution is 0.102. The fraction of sp³-hybridized carbons (Fsp3) is 0.333. The van der Waals surface area contributed by atoms with Crippen molar-refractivity contribution in [2.75, 3.05) is 11.9 Å². The van der Waals surface area contributed by atoms with Crippen molar-refractivity contribution in [2.24, 2.45) is 0 Å². The first-order valence-corrected chi connectivity index (χ1v) is 8.49. The van der Waals surface area contributed by atoms with E-state index in [1.165, 1.54) is 29.4 Å². The largest absolute Gasteiger partial charge is 0.341 e. The molecule has 1 fully saturated rings. The average Bonchev–Trinajstić information content (AvgIpc) is 3.25. The number of hydrogen-bond donors (Lipinski definition) is 4. The van der Waals surface area contributed by atoms with Gasteiger partial charge in [-0.15, -0.1) is 0 Å². The fourth-order valence-corrected chi connectivity index (χ4v) is 4.29. The normalized spacial score (nSPS) is 22.3. The van der Waals surface area contributed by atoms with Gasteiger partial charge in [0.1, 0.15) is 11.5 Å². The van der Waals surface area contributed by atoms with Gasteiger partial charge in [0, 0.05) is 34.6 Å². The molecule has 1 saturated heterocycles. The minimum atomic E-state index is -0.171. The van der Waals surface area contributed by atoms with Gasteiger partial charge in [0.2, 0.25) is 0 Å². The Morgan fingerprint density at radius 1 is 1.29 bits per heavy atom. The molecule has 1 amide bonds. The van der Waals surface area contributed by atoms with E-state index in [0.29, 0.717) is 17.7 Å². The number of rotatable bonds is 2. The van der Waals surface area contributed by atoms with Crippen molar-refractivity contribution in [1.82, 2.24) is 20.5 Å². The maximum Gasteiger partial charge on any atom is 0.274 e. The number of nitrogens with one attached hydrogen (secondary N) is 4. The summed E-state index contributed by atoms with van der Waals surface area (Å²) in [4.78, 5) is 15.8. The zero-order valence-corrected chi connectivity index (χ0v) is 13.2. The minimum absolute atomic E-state index is 0.171. The van der Waals surface area contributed by atoms with E-state index in [1.54, 1.807) is 12.3 Å². The van der Waals surface area contributed by atoms with Crippen LogP contribution in [0.15, 0.2) is 30.5 Å². The maximum absolute atomic E-state index is 12.4. The molecule has 1 aliphatic heterocycles. The Bertz CT molecular complexity index is 911. The quantitative estimate of drug-likeness (QED) is 0.585. The molecule has 0 saturated carbocycles. The standard InChI is InChI=1S/C18H19N5O/c24-18(14-6-8-20-23-14)22-17-12-9-15-10(4-2-7-19-15)11-3-1-5-13(21-17)16(11)12/h1,3,5-6,8,10,15,19,21H,2,4,7,9H2,(H,20,23)(H,22,24)/t10?,15-/m1/s1.